The van der Waals surface area contributed by atoms with Crippen molar-refractivity contribution in [1.29, 1.82) is 0 Å². The van der Waals surface area contributed by atoms with E-state index in [0.717, 1.165) is 35.8 Å². The van der Waals surface area contributed by atoms with Gasteiger partial charge in [0.25, 0.3) is 0 Å². The van der Waals surface area contributed by atoms with Gasteiger partial charge in [-0.05, 0) is 49.2 Å². The highest BCUT2D eigenvalue weighted by molar-refractivity contribution is 7.89. The van der Waals surface area contributed by atoms with Crippen molar-refractivity contribution in [2.24, 2.45) is 7.05 Å². The number of hydrogen-bond acceptors (Lipinski definition) is 5. The smallest absolute Gasteiger partial charge is 0.243 e. The van der Waals surface area contributed by atoms with Crippen LogP contribution >= 0.6 is 0 Å². The van der Waals surface area contributed by atoms with Crippen LogP contribution in [0, 0.1) is 0 Å². The predicted molar refractivity (Wildman–Crippen MR) is 136 cm³/mol. The van der Waals surface area contributed by atoms with E-state index in [2.05, 4.69) is 21.3 Å². The lowest BCUT2D eigenvalue weighted by Crippen LogP contribution is -2.30. The number of fused-ring (bicyclic) bond motifs is 1. The van der Waals surface area contributed by atoms with Gasteiger partial charge in [0.05, 0.1) is 15.9 Å². The zero-order valence-electron chi connectivity index (χ0n) is 20.1. The number of carbonyl (C=O) groups excluding carboxylic acids is 1. The van der Waals surface area contributed by atoms with Crippen LogP contribution in [0.4, 0.5) is 11.4 Å². The SMILES string of the molecule is CCN(CC)S(=O)(=O)c1ccc2c(c1)nc(CCC(=O)Nc1cccc(N3CCCC3)c1)n2C. The number of carbonyl (C=O) groups is 1. The number of amides is 1. The second kappa shape index (κ2) is 10.1. The molecule has 3 aromatic rings. The molecule has 0 radical (unpaired) electrons. The number of imidazole rings is 1. The second-order valence-corrected chi connectivity index (χ2v) is 10.6. The summed E-state index contributed by atoms with van der Waals surface area (Å²) in [7, 11) is -1.66. The minimum Gasteiger partial charge on any atom is -0.371 e. The highest BCUT2D eigenvalue weighted by Crippen LogP contribution is 2.25. The number of aromatic nitrogens is 2. The fourth-order valence-electron chi connectivity index (χ4n) is 4.53. The highest BCUT2D eigenvalue weighted by Gasteiger charge is 2.23. The van der Waals surface area contributed by atoms with Crippen molar-refractivity contribution in [2.75, 3.05) is 36.4 Å². The van der Waals surface area contributed by atoms with E-state index in [0.29, 0.717) is 25.0 Å². The molecule has 34 heavy (non-hydrogen) atoms. The summed E-state index contributed by atoms with van der Waals surface area (Å²) < 4.78 is 29.1. The number of nitrogens with zero attached hydrogens (tertiary/aromatic N) is 4. The molecule has 0 unspecified atom stereocenters. The number of nitrogens with one attached hydrogen (secondary N) is 1. The summed E-state index contributed by atoms with van der Waals surface area (Å²) in [5.41, 5.74) is 3.39. The maximum atomic E-state index is 12.9. The molecule has 0 aliphatic carbocycles. The Kier molecular flexibility index (Phi) is 7.23. The summed E-state index contributed by atoms with van der Waals surface area (Å²) >= 11 is 0. The van der Waals surface area contributed by atoms with E-state index in [1.165, 1.54) is 17.1 Å². The first-order valence-electron chi connectivity index (χ1n) is 11.9. The van der Waals surface area contributed by atoms with Crippen LogP contribution in [0.15, 0.2) is 47.4 Å². The lowest BCUT2D eigenvalue weighted by molar-refractivity contribution is -0.116. The average Bonchev–Trinajstić information content (AvgIpc) is 3.47. The number of anilines is 2. The van der Waals surface area contributed by atoms with Gasteiger partial charge in [0.1, 0.15) is 5.82 Å². The standard InChI is InChI=1S/C25H33N5O3S/c1-4-30(5-2)34(32,33)21-11-12-23-22(18-21)27-24(28(23)3)13-14-25(31)26-19-9-8-10-20(17-19)29-15-6-7-16-29/h8-12,17-18H,4-7,13-16H2,1-3H3,(H,26,31). The van der Waals surface area contributed by atoms with Gasteiger partial charge in [0.2, 0.25) is 15.9 Å². The van der Waals surface area contributed by atoms with E-state index < -0.39 is 10.0 Å². The van der Waals surface area contributed by atoms with Crippen LogP contribution in [0.3, 0.4) is 0 Å². The molecule has 0 atom stereocenters. The Morgan fingerprint density at radius 2 is 1.82 bits per heavy atom. The van der Waals surface area contributed by atoms with Crippen LogP contribution in [0.5, 0.6) is 0 Å². The van der Waals surface area contributed by atoms with Crippen molar-refractivity contribution < 1.29 is 13.2 Å². The second-order valence-electron chi connectivity index (χ2n) is 8.62. The fraction of sp³-hybridized carbons (Fsp3) is 0.440. The van der Waals surface area contributed by atoms with Crippen LogP contribution in [0.2, 0.25) is 0 Å². The zero-order chi connectivity index (χ0) is 24.3. The Labute approximate surface area is 201 Å². The van der Waals surface area contributed by atoms with Gasteiger partial charge in [-0.2, -0.15) is 4.31 Å². The molecule has 1 fully saturated rings. The molecule has 2 aromatic carbocycles. The Bertz CT molecular complexity index is 1270. The van der Waals surface area contributed by atoms with E-state index in [-0.39, 0.29) is 17.2 Å². The van der Waals surface area contributed by atoms with Crippen LogP contribution in [0.25, 0.3) is 11.0 Å². The molecule has 1 amide bonds. The molecule has 2 heterocycles. The third kappa shape index (κ3) is 4.95. The van der Waals surface area contributed by atoms with Crippen LogP contribution < -0.4 is 10.2 Å². The van der Waals surface area contributed by atoms with Crippen LogP contribution in [0.1, 0.15) is 38.9 Å². The molecule has 1 aromatic heterocycles. The van der Waals surface area contributed by atoms with Crippen molar-refractivity contribution >= 4 is 38.3 Å². The van der Waals surface area contributed by atoms with Gasteiger partial charge < -0.3 is 14.8 Å². The number of sulfonamides is 1. The van der Waals surface area contributed by atoms with Crippen molar-refractivity contribution in [1.82, 2.24) is 13.9 Å². The Morgan fingerprint density at radius 1 is 1.09 bits per heavy atom. The van der Waals surface area contributed by atoms with Gasteiger partial charge in [-0.1, -0.05) is 19.9 Å². The quantitative estimate of drug-likeness (QED) is 0.501. The number of hydrogen-bond donors (Lipinski definition) is 1. The van der Waals surface area contributed by atoms with Crippen LogP contribution in [-0.4, -0.2) is 54.4 Å². The zero-order valence-corrected chi connectivity index (χ0v) is 20.9. The summed E-state index contributed by atoms with van der Waals surface area (Å²) in [6, 6.07) is 13.0. The predicted octanol–water partition coefficient (Wildman–Crippen LogP) is 3.78. The highest BCUT2D eigenvalue weighted by atomic mass is 32.2. The van der Waals surface area contributed by atoms with E-state index in [4.69, 9.17) is 0 Å². The Morgan fingerprint density at radius 3 is 2.53 bits per heavy atom. The molecule has 1 aliphatic rings. The third-order valence-electron chi connectivity index (χ3n) is 6.46. The van der Waals surface area contributed by atoms with Crippen molar-refractivity contribution in [3.8, 4) is 0 Å². The molecule has 1 N–H and O–H groups in total. The number of aryl methyl sites for hydroxylation is 2. The Balaban J connectivity index is 1.45. The third-order valence-corrected chi connectivity index (χ3v) is 8.51. The number of benzene rings is 2. The molecule has 1 aliphatic heterocycles. The van der Waals surface area contributed by atoms with Gasteiger partial charge >= 0.3 is 0 Å². The van der Waals surface area contributed by atoms with Crippen molar-refractivity contribution in [3.05, 3.63) is 48.3 Å². The lowest BCUT2D eigenvalue weighted by Gasteiger charge is -2.18. The van der Waals surface area contributed by atoms with Gasteiger partial charge in [-0.3, -0.25) is 4.79 Å². The normalized spacial score (nSPS) is 14.3. The minimum atomic E-state index is -3.55. The van der Waals surface area contributed by atoms with Gasteiger partial charge in [0, 0.05) is 57.4 Å². The summed E-state index contributed by atoms with van der Waals surface area (Å²) in [6.45, 7) is 6.60. The molecular formula is C25H33N5O3S. The molecule has 182 valence electrons. The first-order valence-corrected chi connectivity index (χ1v) is 13.4. The van der Waals surface area contributed by atoms with E-state index in [1.54, 1.807) is 18.2 Å². The van der Waals surface area contributed by atoms with Crippen molar-refractivity contribution in [3.63, 3.8) is 0 Å². The van der Waals surface area contributed by atoms with Crippen LogP contribution in [-0.2, 0) is 28.3 Å². The molecule has 8 nitrogen and oxygen atoms in total. The molecule has 4 rings (SSSR count). The summed E-state index contributed by atoms with van der Waals surface area (Å²) in [4.78, 5) is 19.8. The maximum Gasteiger partial charge on any atom is 0.243 e. The topological polar surface area (TPSA) is 87.5 Å². The van der Waals surface area contributed by atoms with Crippen molar-refractivity contribution in [2.45, 2.75) is 44.4 Å². The first-order chi connectivity index (χ1) is 16.3. The first kappa shape index (κ1) is 24.2. The molecule has 0 bridgehead atoms. The average molecular weight is 484 g/mol. The molecule has 0 spiro atoms. The summed E-state index contributed by atoms with van der Waals surface area (Å²) in [6.07, 6.45) is 3.16. The van der Waals surface area contributed by atoms with Gasteiger partial charge in [-0.25, -0.2) is 13.4 Å². The van der Waals surface area contributed by atoms with Gasteiger partial charge in [-0.15, -0.1) is 0 Å². The largest absolute Gasteiger partial charge is 0.371 e. The van der Waals surface area contributed by atoms with E-state index in [9.17, 15) is 13.2 Å². The Hall–Kier alpha value is -2.91. The monoisotopic (exact) mass is 483 g/mol. The molecular weight excluding hydrogens is 450 g/mol. The van der Waals surface area contributed by atoms with E-state index in [1.807, 2.05) is 43.7 Å². The molecule has 1 saturated heterocycles. The summed E-state index contributed by atoms with van der Waals surface area (Å²) in [5.74, 6) is 0.670. The fourth-order valence-corrected chi connectivity index (χ4v) is 6.01. The maximum absolute atomic E-state index is 12.9. The molecule has 9 heteroatoms. The van der Waals surface area contributed by atoms with E-state index >= 15 is 0 Å². The summed E-state index contributed by atoms with van der Waals surface area (Å²) in [5, 5.41) is 3.00. The number of rotatable bonds is 9. The minimum absolute atomic E-state index is 0.0737. The van der Waals surface area contributed by atoms with Gasteiger partial charge in [0.15, 0.2) is 0 Å². The lowest BCUT2D eigenvalue weighted by atomic mass is 10.2. The molecule has 0 saturated carbocycles.